The van der Waals surface area contributed by atoms with Gasteiger partial charge in [0.15, 0.2) is 0 Å². The summed E-state index contributed by atoms with van der Waals surface area (Å²) in [5.74, 6) is 0. The molecule has 0 N–H and O–H groups in total. The fourth-order valence-corrected chi connectivity index (χ4v) is 1.96. The lowest BCUT2D eigenvalue weighted by molar-refractivity contribution is 1.10. The molecule has 0 atom stereocenters. The third kappa shape index (κ3) is 2.59. The van der Waals surface area contributed by atoms with E-state index in [0.29, 0.717) is 0 Å². The van der Waals surface area contributed by atoms with Crippen LogP contribution in [0.1, 0.15) is 43.0 Å². The number of benzene rings is 1. The molecule has 0 fully saturated rings. The second-order valence-corrected chi connectivity index (χ2v) is 3.70. The predicted molar refractivity (Wildman–Crippen MR) is 70.0 cm³/mol. The SMILES string of the molecule is C/C=C\c1ccc(/C=C\C)c(CC)c1C. The summed E-state index contributed by atoms with van der Waals surface area (Å²) >= 11 is 0. The van der Waals surface area contributed by atoms with Gasteiger partial charge in [-0.1, -0.05) is 43.4 Å². The van der Waals surface area contributed by atoms with E-state index in [1.54, 1.807) is 0 Å². The second-order valence-electron chi connectivity index (χ2n) is 3.70. The fourth-order valence-electron chi connectivity index (χ4n) is 1.96. The van der Waals surface area contributed by atoms with Gasteiger partial charge in [0.1, 0.15) is 0 Å². The highest BCUT2D eigenvalue weighted by Gasteiger charge is 2.04. The standard InChI is InChI=1S/C15H20/c1-5-8-13-10-11-14(9-6-2)15(7-3)12(13)4/h5-6,8-11H,7H2,1-4H3/b8-5-,9-6-. The summed E-state index contributed by atoms with van der Waals surface area (Å²) < 4.78 is 0. The van der Waals surface area contributed by atoms with Gasteiger partial charge in [-0.15, -0.1) is 0 Å². The molecule has 15 heavy (non-hydrogen) atoms. The zero-order valence-corrected chi connectivity index (χ0v) is 10.2. The lowest BCUT2D eigenvalue weighted by Crippen LogP contribution is -1.94. The van der Waals surface area contributed by atoms with Crippen molar-refractivity contribution in [3.05, 3.63) is 46.5 Å². The molecule has 0 unspecified atom stereocenters. The zero-order valence-electron chi connectivity index (χ0n) is 10.2. The lowest BCUT2D eigenvalue weighted by Gasteiger charge is -2.11. The van der Waals surface area contributed by atoms with Gasteiger partial charge in [0.05, 0.1) is 0 Å². The van der Waals surface area contributed by atoms with Crippen molar-refractivity contribution in [2.45, 2.75) is 34.1 Å². The maximum Gasteiger partial charge on any atom is -0.0225 e. The summed E-state index contributed by atoms with van der Waals surface area (Å²) in [6, 6.07) is 4.41. The molecule has 80 valence electrons. The van der Waals surface area contributed by atoms with Crippen LogP contribution in [0.2, 0.25) is 0 Å². The topological polar surface area (TPSA) is 0 Å². The van der Waals surface area contributed by atoms with E-state index in [0.717, 1.165) is 6.42 Å². The van der Waals surface area contributed by atoms with Gasteiger partial charge in [0.25, 0.3) is 0 Å². The van der Waals surface area contributed by atoms with Crippen LogP contribution in [0.15, 0.2) is 24.3 Å². The van der Waals surface area contributed by atoms with Crippen LogP contribution in [-0.2, 0) is 6.42 Å². The Labute approximate surface area is 93.3 Å². The molecule has 0 heterocycles. The summed E-state index contributed by atoms with van der Waals surface area (Å²) in [7, 11) is 0. The van der Waals surface area contributed by atoms with Crippen LogP contribution in [0.25, 0.3) is 12.2 Å². The minimum Gasteiger partial charge on any atom is -0.0871 e. The van der Waals surface area contributed by atoms with E-state index in [1.165, 1.54) is 22.3 Å². The van der Waals surface area contributed by atoms with Gasteiger partial charge < -0.3 is 0 Å². The maximum atomic E-state index is 2.22. The first-order valence-electron chi connectivity index (χ1n) is 5.62. The average Bonchev–Trinajstić information content (AvgIpc) is 2.23. The number of rotatable bonds is 3. The maximum absolute atomic E-state index is 2.22. The highest BCUT2D eigenvalue weighted by Crippen LogP contribution is 2.21. The number of hydrogen-bond acceptors (Lipinski definition) is 0. The van der Waals surface area contributed by atoms with E-state index < -0.39 is 0 Å². The Balaban J connectivity index is 3.31. The van der Waals surface area contributed by atoms with Crippen LogP contribution in [0.3, 0.4) is 0 Å². The van der Waals surface area contributed by atoms with Crippen molar-refractivity contribution >= 4 is 12.2 Å². The van der Waals surface area contributed by atoms with Gasteiger partial charge in [-0.25, -0.2) is 0 Å². The molecule has 0 spiro atoms. The van der Waals surface area contributed by atoms with Crippen LogP contribution >= 0.6 is 0 Å². The van der Waals surface area contributed by atoms with E-state index in [9.17, 15) is 0 Å². The first kappa shape index (κ1) is 11.8. The molecule has 0 amide bonds. The molecule has 0 nitrogen and oxygen atoms in total. The summed E-state index contributed by atoms with van der Waals surface area (Å²) in [4.78, 5) is 0. The Bertz CT molecular complexity index is 381. The van der Waals surface area contributed by atoms with Crippen molar-refractivity contribution in [2.24, 2.45) is 0 Å². The molecule has 0 radical (unpaired) electrons. The summed E-state index contributed by atoms with van der Waals surface area (Å²) in [5, 5.41) is 0. The lowest BCUT2D eigenvalue weighted by atomic mass is 9.94. The van der Waals surface area contributed by atoms with Crippen LogP contribution in [-0.4, -0.2) is 0 Å². The Morgan fingerprint density at radius 1 is 1.00 bits per heavy atom. The quantitative estimate of drug-likeness (QED) is 0.667. The van der Waals surface area contributed by atoms with Crippen molar-refractivity contribution in [1.29, 1.82) is 0 Å². The first-order valence-corrected chi connectivity index (χ1v) is 5.62. The molecule has 0 bridgehead atoms. The molecule has 0 aromatic heterocycles. The van der Waals surface area contributed by atoms with E-state index in [-0.39, 0.29) is 0 Å². The third-order valence-electron chi connectivity index (χ3n) is 2.72. The van der Waals surface area contributed by atoms with E-state index in [1.807, 2.05) is 0 Å². The molecule has 0 saturated heterocycles. The first-order chi connectivity index (χ1) is 7.24. The average molecular weight is 200 g/mol. The van der Waals surface area contributed by atoms with Crippen molar-refractivity contribution in [3.63, 3.8) is 0 Å². The molecule has 1 aromatic rings. The van der Waals surface area contributed by atoms with Crippen LogP contribution in [0.5, 0.6) is 0 Å². The molecule has 1 aromatic carbocycles. The Hall–Kier alpha value is -1.30. The summed E-state index contributed by atoms with van der Waals surface area (Å²) in [5.41, 5.74) is 5.56. The molecule has 0 heteroatoms. The third-order valence-corrected chi connectivity index (χ3v) is 2.72. The Morgan fingerprint density at radius 2 is 1.53 bits per heavy atom. The Kier molecular flexibility index (Phi) is 4.36. The van der Waals surface area contributed by atoms with Gasteiger partial charge in [0.2, 0.25) is 0 Å². The second kappa shape index (κ2) is 5.55. The van der Waals surface area contributed by atoms with Crippen LogP contribution < -0.4 is 0 Å². The van der Waals surface area contributed by atoms with E-state index in [4.69, 9.17) is 0 Å². The number of allylic oxidation sites excluding steroid dienone is 2. The molecular weight excluding hydrogens is 180 g/mol. The van der Waals surface area contributed by atoms with E-state index >= 15 is 0 Å². The smallest absolute Gasteiger partial charge is 0.0225 e. The summed E-state index contributed by atoms with van der Waals surface area (Å²) in [6.07, 6.45) is 9.65. The Morgan fingerprint density at radius 3 is 2.07 bits per heavy atom. The van der Waals surface area contributed by atoms with Gasteiger partial charge in [-0.3, -0.25) is 0 Å². The monoisotopic (exact) mass is 200 g/mol. The molecule has 0 saturated carbocycles. The van der Waals surface area contributed by atoms with Crippen molar-refractivity contribution in [3.8, 4) is 0 Å². The number of hydrogen-bond donors (Lipinski definition) is 0. The largest absolute Gasteiger partial charge is 0.0871 e. The molecule has 1 rings (SSSR count). The van der Waals surface area contributed by atoms with E-state index in [2.05, 4.69) is 64.1 Å². The van der Waals surface area contributed by atoms with Gasteiger partial charge in [-0.05, 0) is 49.4 Å². The predicted octanol–water partition coefficient (Wildman–Crippen LogP) is 4.62. The molecule has 0 aliphatic rings. The fraction of sp³-hybridized carbons (Fsp3) is 0.333. The van der Waals surface area contributed by atoms with Crippen LogP contribution in [0, 0.1) is 6.92 Å². The highest BCUT2D eigenvalue weighted by molar-refractivity contribution is 5.63. The van der Waals surface area contributed by atoms with Gasteiger partial charge >= 0.3 is 0 Å². The minimum atomic E-state index is 1.09. The molecule has 0 aliphatic carbocycles. The van der Waals surface area contributed by atoms with Crippen molar-refractivity contribution in [2.75, 3.05) is 0 Å². The highest BCUT2D eigenvalue weighted by atomic mass is 14.1. The van der Waals surface area contributed by atoms with Gasteiger partial charge in [-0.2, -0.15) is 0 Å². The van der Waals surface area contributed by atoms with Crippen molar-refractivity contribution in [1.82, 2.24) is 0 Å². The van der Waals surface area contributed by atoms with Gasteiger partial charge in [0, 0.05) is 0 Å². The zero-order chi connectivity index (χ0) is 11.3. The van der Waals surface area contributed by atoms with Crippen molar-refractivity contribution < 1.29 is 0 Å². The normalized spacial score (nSPS) is 11.7. The molecular formula is C15H20. The summed E-state index contributed by atoms with van der Waals surface area (Å²) in [6.45, 7) is 8.55. The molecule has 0 aliphatic heterocycles. The van der Waals surface area contributed by atoms with Crippen LogP contribution in [0.4, 0.5) is 0 Å². The minimum absolute atomic E-state index is 1.09.